The average Bonchev–Trinajstić information content (AvgIpc) is 3.30. The molecule has 1 aromatic heterocycles. The molecule has 3 rings (SSSR count). The quantitative estimate of drug-likeness (QED) is 0.896. The third-order valence-electron chi connectivity index (χ3n) is 4.40. The Hall–Kier alpha value is -1.16. The van der Waals surface area contributed by atoms with Crippen LogP contribution in [0.2, 0.25) is 0 Å². The number of rotatable bonds is 5. The average molecular weight is 274 g/mol. The molecule has 0 amide bonds. The SMILES string of the molecule is CC(C)c1cc(N(CC2CCCNC2)C2CC2)ncn1. The number of piperidine rings is 1. The fraction of sp³-hybridized carbons (Fsp3) is 0.750. The lowest BCUT2D eigenvalue weighted by Gasteiger charge is -2.31. The van der Waals surface area contributed by atoms with E-state index in [2.05, 4.69) is 40.1 Å². The first-order valence-electron chi connectivity index (χ1n) is 8.03. The number of nitrogens with one attached hydrogen (secondary N) is 1. The molecule has 0 bridgehead atoms. The van der Waals surface area contributed by atoms with Gasteiger partial charge in [-0.3, -0.25) is 0 Å². The lowest BCUT2D eigenvalue weighted by Crippen LogP contribution is -2.39. The van der Waals surface area contributed by atoms with Crippen molar-refractivity contribution in [3.05, 3.63) is 18.1 Å². The second kappa shape index (κ2) is 6.08. The maximum atomic E-state index is 4.54. The van der Waals surface area contributed by atoms with Gasteiger partial charge >= 0.3 is 0 Å². The number of anilines is 1. The van der Waals surface area contributed by atoms with Crippen molar-refractivity contribution < 1.29 is 0 Å². The van der Waals surface area contributed by atoms with Gasteiger partial charge in [-0.25, -0.2) is 9.97 Å². The van der Waals surface area contributed by atoms with Gasteiger partial charge < -0.3 is 10.2 Å². The zero-order chi connectivity index (χ0) is 13.9. The van der Waals surface area contributed by atoms with Gasteiger partial charge in [-0.1, -0.05) is 13.8 Å². The van der Waals surface area contributed by atoms with Gasteiger partial charge in [-0.05, 0) is 50.6 Å². The first kappa shape index (κ1) is 13.8. The Labute approximate surface area is 122 Å². The molecule has 2 aliphatic rings. The summed E-state index contributed by atoms with van der Waals surface area (Å²) in [5.74, 6) is 2.37. The number of hydrogen-bond donors (Lipinski definition) is 1. The van der Waals surface area contributed by atoms with E-state index in [1.165, 1.54) is 32.2 Å². The van der Waals surface area contributed by atoms with Crippen molar-refractivity contribution in [2.75, 3.05) is 24.5 Å². The Morgan fingerprint density at radius 2 is 2.15 bits per heavy atom. The molecular weight excluding hydrogens is 248 g/mol. The maximum Gasteiger partial charge on any atom is 0.132 e. The summed E-state index contributed by atoms with van der Waals surface area (Å²) in [5.41, 5.74) is 1.16. The fourth-order valence-electron chi connectivity index (χ4n) is 3.01. The van der Waals surface area contributed by atoms with Crippen molar-refractivity contribution in [1.29, 1.82) is 0 Å². The predicted octanol–water partition coefficient (Wildman–Crippen LogP) is 2.57. The summed E-state index contributed by atoms with van der Waals surface area (Å²) in [6.07, 6.45) is 7.03. The standard InChI is InChI=1S/C16H26N4/c1-12(2)15-8-16(19-11-18-15)20(14-5-6-14)10-13-4-3-7-17-9-13/h8,11-14,17H,3-7,9-10H2,1-2H3. The molecule has 2 heterocycles. The van der Waals surface area contributed by atoms with Gasteiger partial charge in [0.05, 0.1) is 0 Å². The van der Waals surface area contributed by atoms with E-state index in [0.717, 1.165) is 30.5 Å². The highest BCUT2D eigenvalue weighted by Crippen LogP contribution is 2.32. The van der Waals surface area contributed by atoms with E-state index < -0.39 is 0 Å². The van der Waals surface area contributed by atoms with Gasteiger partial charge in [0.2, 0.25) is 0 Å². The van der Waals surface area contributed by atoms with Crippen molar-refractivity contribution in [3.63, 3.8) is 0 Å². The topological polar surface area (TPSA) is 41.0 Å². The second-order valence-corrected chi connectivity index (χ2v) is 6.55. The van der Waals surface area contributed by atoms with E-state index in [1.54, 1.807) is 6.33 Å². The fourth-order valence-corrected chi connectivity index (χ4v) is 3.01. The lowest BCUT2D eigenvalue weighted by molar-refractivity contribution is 0.375. The molecule has 1 N–H and O–H groups in total. The zero-order valence-corrected chi connectivity index (χ0v) is 12.7. The van der Waals surface area contributed by atoms with Crippen LogP contribution in [0.1, 0.15) is 51.1 Å². The Morgan fingerprint density at radius 3 is 2.80 bits per heavy atom. The first-order valence-corrected chi connectivity index (χ1v) is 8.03. The minimum absolute atomic E-state index is 0.467. The van der Waals surface area contributed by atoms with Crippen LogP contribution in [0.5, 0.6) is 0 Å². The molecule has 1 aliphatic heterocycles. The molecule has 4 heteroatoms. The highest BCUT2D eigenvalue weighted by Gasteiger charge is 2.32. The van der Waals surface area contributed by atoms with Gasteiger partial charge in [-0.2, -0.15) is 0 Å². The molecule has 1 atom stereocenters. The molecule has 110 valence electrons. The third-order valence-corrected chi connectivity index (χ3v) is 4.40. The van der Waals surface area contributed by atoms with Crippen molar-refractivity contribution in [2.24, 2.45) is 5.92 Å². The van der Waals surface area contributed by atoms with E-state index in [-0.39, 0.29) is 0 Å². The van der Waals surface area contributed by atoms with Crippen LogP contribution in [-0.2, 0) is 0 Å². The van der Waals surface area contributed by atoms with Gasteiger partial charge in [-0.15, -0.1) is 0 Å². The Kier molecular flexibility index (Phi) is 4.20. The summed E-state index contributed by atoms with van der Waals surface area (Å²) in [4.78, 5) is 11.5. The van der Waals surface area contributed by atoms with Gasteiger partial charge in [0, 0.05) is 24.3 Å². The Balaban J connectivity index is 1.74. The molecule has 20 heavy (non-hydrogen) atoms. The minimum Gasteiger partial charge on any atom is -0.353 e. The highest BCUT2D eigenvalue weighted by molar-refractivity contribution is 5.42. The van der Waals surface area contributed by atoms with Crippen LogP contribution < -0.4 is 10.2 Å². The predicted molar refractivity (Wildman–Crippen MR) is 82.1 cm³/mol. The Bertz CT molecular complexity index is 436. The number of hydrogen-bond acceptors (Lipinski definition) is 4. The second-order valence-electron chi connectivity index (χ2n) is 6.55. The van der Waals surface area contributed by atoms with E-state index in [4.69, 9.17) is 0 Å². The van der Waals surface area contributed by atoms with E-state index in [9.17, 15) is 0 Å². The first-order chi connectivity index (χ1) is 9.74. The van der Waals surface area contributed by atoms with Crippen LogP contribution in [0, 0.1) is 5.92 Å². The van der Waals surface area contributed by atoms with E-state index in [1.807, 2.05) is 0 Å². The molecular formula is C16H26N4. The summed E-state index contributed by atoms with van der Waals surface area (Å²) in [6.45, 7) is 7.87. The normalized spacial score (nSPS) is 23.1. The van der Waals surface area contributed by atoms with Crippen molar-refractivity contribution in [3.8, 4) is 0 Å². The molecule has 0 spiro atoms. The van der Waals surface area contributed by atoms with Crippen LogP contribution in [0.4, 0.5) is 5.82 Å². The zero-order valence-electron chi connectivity index (χ0n) is 12.7. The molecule has 2 fully saturated rings. The van der Waals surface area contributed by atoms with Crippen molar-refractivity contribution >= 4 is 5.82 Å². The molecule has 0 radical (unpaired) electrons. The summed E-state index contributed by atoms with van der Waals surface area (Å²) < 4.78 is 0. The van der Waals surface area contributed by atoms with Gasteiger partial charge in [0.1, 0.15) is 12.1 Å². The molecule has 1 aromatic rings. The molecule has 4 nitrogen and oxygen atoms in total. The summed E-state index contributed by atoms with van der Waals surface area (Å²) in [7, 11) is 0. The van der Waals surface area contributed by atoms with Crippen LogP contribution in [0.15, 0.2) is 12.4 Å². The minimum atomic E-state index is 0.467. The molecule has 1 aliphatic carbocycles. The van der Waals surface area contributed by atoms with Crippen LogP contribution in [0.25, 0.3) is 0 Å². The maximum absolute atomic E-state index is 4.54. The Morgan fingerprint density at radius 1 is 1.30 bits per heavy atom. The number of aromatic nitrogens is 2. The lowest BCUT2D eigenvalue weighted by atomic mass is 9.99. The van der Waals surface area contributed by atoms with E-state index >= 15 is 0 Å². The third kappa shape index (κ3) is 3.29. The summed E-state index contributed by atoms with van der Waals surface area (Å²) in [5, 5.41) is 3.52. The summed E-state index contributed by atoms with van der Waals surface area (Å²) in [6, 6.07) is 2.91. The largest absolute Gasteiger partial charge is 0.353 e. The molecule has 0 aromatic carbocycles. The van der Waals surface area contributed by atoms with Crippen LogP contribution >= 0.6 is 0 Å². The monoisotopic (exact) mass is 274 g/mol. The number of nitrogens with zero attached hydrogens (tertiary/aromatic N) is 3. The smallest absolute Gasteiger partial charge is 0.132 e. The van der Waals surface area contributed by atoms with Crippen molar-refractivity contribution in [2.45, 2.75) is 51.5 Å². The van der Waals surface area contributed by atoms with E-state index in [0.29, 0.717) is 12.0 Å². The molecule has 1 saturated heterocycles. The van der Waals surface area contributed by atoms with Crippen LogP contribution in [0.3, 0.4) is 0 Å². The highest BCUT2D eigenvalue weighted by atomic mass is 15.2. The molecule has 1 unspecified atom stereocenters. The van der Waals surface area contributed by atoms with Crippen molar-refractivity contribution in [1.82, 2.24) is 15.3 Å². The van der Waals surface area contributed by atoms with Crippen LogP contribution in [-0.4, -0.2) is 35.6 Å². The summed E-state index contributed by atoms with van der Waals surface area (Å²) >= 11 is 0. The van der Waals surface area contributed by atoms with Gasteiger partial charge in [0.25, 0.3) is 0 Å². The molecule has 1 saturated carbocycles. The van der Waals surface area contributed by atoms with Gasteiger partial charge in [0.15, 0.2) is 0 Å².